The zero-order valence-electron chi connectivity index (χ0n) is 10.2. The van der Waals surface area contributed by atoms with E-state index in [-0.39, 0.29) is 17.2 Å². The molecule has 7 heteroatoms. The Morgan fingerprint density at radius 2 is 2.21 bits per heavy atom. The maximum Gasteiger partial charge on any atom is 0.345 e. The van der Waals surface area contributed by atoms with E-state index in [0.29, 0.717) is 6.54 Å². The van der Waals surface area contributed by atoms with Gasteiger partial charge in [-0.3, -0.25) is 4.79 Å². The van der Waals surface area contributed by atoms with Gasteiger partial charge in [0.05, 0.1) is 23.7 Å². The first kappa shape index (κ1) is 13.7. The summed E-state index contributed by atoms with van der Waals surface area (Å²) < 4.78 is 0. The molecular formula is C12H12N2O3S2. The first-order valence-electron chi connectivity index (χ1n) is 5.54. The van der Waals surface area contributed by atoms with Gasteiger partial charge in [0.15, 0.2) is 0 Å². The Balaban J connectivity index is 1.84. The Hall–Kier alpha value is -1.73. The lowest BCUT2D eigenvalue weighted by Gasteiger charge is -2.01. The van der Waals surface area contributed by atoms with E-state index in [1.807, 2.05) is 12.3 Å². The van der Waals surface area contributed by atoms with Crippen molar-refractivity contribution in [3.8, 4) is 0 Å². The second-order valence-corrected chi connectivity index (χ2v) is 6.11. The van der Waals surface area contributed by atoms with Crippen LogP contribution >= 0.6 is 22.7 Å². The van der Waals surface area contributed by atoms with Gasteiger partial charge in [0, 0.05) is 10.3 Å². The van der Waals surface area contributed by atoms with Crippen LogP contribution in [-0.4, -0.2) is 22.0 Å². The SMILES string of the molecule is Cc1nc(CC(=O)NCc2ccc(C(=O)O)s2)cs1. The first-order valence-corrected chi connectivity index (χ1v) is 7.24. The smallest absolute Gasteiger partial charge is 0.345 e. The van der Waals surface area contributed by atoms with Gasteiger partial charge in [0.25, 0.3) is 0 Å². The number of aryl methyl sites for hydroxylation is 1. The summed E-state index contributed by atoms with van der Waals surface area (Å²) >= 11 is 2.68. The third-order valence-electron chi connectivity index (χ3n) is 2.34. The van der Waals surface area contributed by atoms with Gasteiger partial charge in [0.1, 0.15) is 4.88 Å². The lowest BCUT2D eigenvalue weighted by Crippen LogP contribution is -2.24. The maximum absolute atomic E-state index is 11.7. The molecule has 0 aliphatic heterocycles. The molecule has 2 aromatic rings. The molecule has 2 N–H and O–H groups in total. The van der Waals surface area contributed by atoms with Crippen molar-refractivity contribution in [1.29, 1.82) is 0 Å². The van der Waals surface area contributed by atoms with E-state index in [1.165, 1.54) is 28.7 Å². The van der Waals surface area contributed by atoms with Crippen molar-refractivity contribution in [2.24, 2.45) is 0 Å². The van der Waals surface area contributed by atoms with Gasteiger partial charge >= 0.3 is 5.97 Å². The van der Waals surface area contributed by atoms with Gasteiger partial charge < -0.3 is 10.4 Å². The fourth-order valence-electron chi connectivity index (χ4n) is 1.49. The zero-order chi connectivity index (χ0) is 13.8. The van der Waals surface area contributed by atoms with Crippen molar-refractivity contribution in [2.75, 3.05) is 0 Å². The predicted octanol–water partition coefficient (Wildman–Crippen LogP) is 2.07. The van der Waals surface area contributed by atoms with Crippen LogP contribution in [0.1, 0.15) is 25.3 Å². The van der Waals surface area contributed by atoms with Crippen LogP contribution < -0.4 is 5.32 Å². The second-order valence-electron chi connectivity index (χ2n) is 3.88. The normalized spacial score (nSPS) is 10.4. The lowest BCUT2D eigenvalue weighted by atomic mass is 10.3. The molecule has 5 nitrogen and oxygen atoms in total. The summed E-state index contributed by atoms with van der Waals surface area (Å²) in [5.41, 5.74) is 0.761. The van der Waals surface area contributed by atoms with E-state index in [9.17, 15) is 9.59 Å². The molecule has 0 saturated heterocycles. The van der Waals surface area contributed by atoms with Crippen LogP contribution in [0.25, 0.3) is 0 Å². The Bertz CT molecular complexity index is 604. The Labute approximate surface area is 117 Å². The number of carbonyl (C=O) groups is 2. The summed E-state index contributed by atoms with van der Waals surface area (Å²) in [5, 5.41) is 14.3. The van der Waals surface area contributed by atoms with Crippen LogP contribution in [0.4, 0.5) is 0 Å². The van der Waals surface area contributed by atoms with Gasteiger partial charge in [-0.15, -0.1) is 22.7 Å². The number of amides is 1. The minimum Gasteiger partial charge on any atom is -0.477 e. The minimum atomic E-state index is -0.944. The quantitative estimate of drug-likeness (QED) is 0.885. The molecule has 0 fully saturated rings. The molecule has 0 spiro atoms. The molecule has 0 atom stereocenters. The molecule has 0 radical (unpaired) electrons. The van der Waals surface area contributed by atoms with Crippen molar-refractivity contribution >= 4 is 34.6 Å². The standard InChI is InChI=1S/C12H12N2O3S2/c1-7-14-8(6-18-7)4-11(15)13-5-9-2-3-10(19-9)12(16)17/h2-3,6H,4-5H2,1H3,(H,13,15)(H,16,17). The van der Waals surface area contributed by atoms with Gasteiger partial charge in [-0.1, -0.05) is 0 Å². The van der Waals surface area contributed by atoms with E-state index in [1.54, 1.807) is 6.07 Å². The van der Waals surface area contributed by atoms with Gasteiger partial charge in [-0.25, -0.2) is 9.78 Å². The maximum atomic E-state index is 11.7. The zero-order valence-corrected chi connectivity index (χ0v) is 11.8. The molecule has 0 bridgehead atoms. The van der Waals surface area contributed by atoms with Crippen molar-refractivity contribution < 1.29 is 14.7 Å². The molecule has 2 rings (SSSR count). The number of carboxylic acid groups (broad SMARTS) is 1. The molecule has 19 heavy (non-hydrogen) atoms. The average Bonchev–Trinajstić information content (AvgIpc) is 2.96. The number of thiazole rings is 1. The highest BCUT2D eigenvalue weighted by molar-refractivity contribution is 7.13. The van der Waals surface area contributed by atoms with Crippen LogP contribution in [0.3, 0.4) is 0 Å². The number of aromatic carboxylic acids is 1. The average molecular weight is 296 g/mol. The van der Waals surface area contributed by atoms with E-state index in [0.717, 1.165) is 15.6 Å². The minimum absolute atomic E-state index is 0.115. The number of rotatable bonds is 5. The van der Waals surface area contributed by atoms with Crippen molar-refractivity contribution in [3.05, 3.63) is 38.0 Å². The summed E-state index contributed by atoms with van der Waals surface area (Å²) in [5.74, 6) is -1.06. The number of hydrogen-bond acceptors (Lipinski definition) is 5. The van der Waals surface area contributed by atoms with Gasteiger partial charge in [0.2, 0.25) is 5.91 Å². The summed E-state index contributed by atoms with van der Waals surface area (Å²) in [7, 11) is 0. The number of hydrogen-bond donors (Lipinski definition) is 2. The molecule has 2 heterocycles. The molecule has 0 aliphatic rings. The molecular weight excluding hydrogens is 284 g/mol. The second kappa shape index (κ2) is 5.94. The molecule has 0 aliphatic carbocycles. The largest absolute Gasteiger partial charge is 0.477 e. The molecule has 2 aromatic heterocycles. The van der Waals surface area contributed by atoms with Crippen LogP contribution in [-0.2, 0) is 17.8 Å². The number of carboxylic acids is 1. The Morgan fingerprint density at radius 1 is 1.42 bits per heavy atom. The monoisotopic (exact) mass is 296 g/mol. The lowest BCUT2D eigenvalue weighted by molar-refractivity contribution is -0.120. The highest BCUT2D eigenvalue weighted by Crippen LogP contribution is 2.16. The number of thiophene rings is 1. The number of aromatic nitrogens is 1. The van der Waals surface area contributed by atoms with Crippen LogP contribution in [0.2, 0.25) is 0 Å². The molecule has 0 saturated carbocycles. The third kappa shape index (κ3) is 3.87. The summed E-state index contributed by atoms with van der Waals surface area (Å²) in [6.45, 7) is 2.24. The Morgan fingerprint density at radius 3 is 2.79 bits per heavy atom. The van der Waals surface area contributed by atoms with E-state index in [4.69, 9.17) is 5.11 Å². The summed E-state index contributed by atoms with van der Waals surface area (Å²) in [4.78, 5) is 27.7. The van der Waals surface area contributed by atoms with Crippen molar-refractivity contribution in [3.63, 3.8) is 0 Å². The first-order chi connectivity index (χ1) is 9.04. The topological polar surface area (TPSA) is 79.3 Å². The third-order valence-corrected chi connectivity index (χ3v) is 4.24. The molecule has 100 valence electrons. The van der Waals surface area contributed by atoms with E-state index >= 15 is 0 Å². The number of nitrogens with one attached hydrogen (secondary N) is 1. The van der Waals surface area contributed by atoms with Crippen molar-refractivity contribution in [2.45, 2.75) is 19.9 Å². The molecule has 0 unspecified atom stereocenters. The number of nitrogens with zero attached hydrogens (tertiary/aromatic N) is 1. The van der Waals surface area contributed by atoms with E-state index < -0.39 is 5.97 Å². The summed E-state index contributed by atoms with van der Waals surface area (Å²) in [6, 6.07) is 3.25. The Kier molecular flexibility index (Phi) is 4.28. The highest BCUT2D eigenvalue weighted by atomic mass is 32.1. The molecule has 1 amide bonds. The fraction of sp³-hybridized carbons (Fsp3) is 0.250. The highest BCUT2D eigenvalue weighted by Gasteiger charge is 2.09. The van der Waals surface area contributed by atoms with Crippen LogP contribution in [0.5, 0.6) is 0 Å². The predicted molar refractivity (Wildman–Crippen MR) is 73.7 cm³/mol. The van der Waals surface area contributed by atoms with Gasteiger partial charge in [-0.05, 0) is 19.1 Å². The van der Waals surface area contributed by atoms with Crippen molar-refractivity contribution in [1.82, 2.24) is 10.3 Å². The van der Waals surface area contributed by atoms with Gasteiger partial charge in [-0.2, -0.15) is 0 Å². The van der Waals surface area contributed by atoms with Crippen LogP contribution in [0.15, 0.2) is 17.5 Å². The number of carbonyl (C=O) groups excluding carboxylic acids is 1. The van der Waals surface area contributed by atoms with E-state index in [2.05, 4.69) is 10.3 Å². The van der Waals surface area contributed by atoms with Crippen LogP contribution in [0, 0.1) is 6.92 Å². The molecule has 0 aromatic carbocycles. The summed E-state index contributed by atoms with van der Waals surface area (Å²) in [6.07, 6.45) is 0.251. The fourth-order valence-corrected chi connectivity index (χ4v) is 2.89.